The van der Waals surface area contributed by atoms with Gasteiger partial charge in [-0.15, -0.1) is 0 Å². The van der Waals surface area contributed by atoms with Crippen molar-refractivity contribution in [3.8, 4) is 5.75 Å². The van der Waals surface area contributed by atoms with E-state index in [9.17, 15) is 0 Å². The molecule has 0 spiro atoms. The lowest BCUT2D eigenvalue weighted by atomic mass is 10.2. The molecule has 3 heteroatoms. The minimum atomic E-state index is 0.735. The summed E-state index contributed by atoms with van der Waals surface area (Å²) in [7, 11) is 0. The van der Waals surface area contributed by atoms with Crippen LogP contribution in [0.1, 0.15) is 17.7 Å². The fraction of sp³-hybridized carbons (Fsp3) is 0.312. The van der Waals surface area contributed by atoms with E-state index < -0.39 is 0 Å². The first-order valence-corrected chi connectivity index (χ1v) is 6.65. The number of aryl methyl sites for hydroxylation is 1. The Hall–Kier alpha value is -1.87. The Balaban J connectivity index is 1.58. The fourth-order valence-electron chi connectivity index (χ4n) is 1.81. The zero-order valence-electron chi connectivity index (χ0n) is 11.3. The molecule has 2 aromatic rings. The van der Waals surface area contributed by atoms with E-state index in [-0.39, 0.29) is 0 Å². The number of benzene rings is 1. The Morgan fingerprint density at radius 2 is 2.11 bits per heavy atom. The van der Waals surface area contributed by atoms with Crippen LogP contribution < -0.4 is 10.1 Å². The van der Waals surface area contributed by atoms with Gasteiger partial charge in [-0.2, -0.15) is 0 Å². The molecule has 3 nitrogen and oxygen atoms in total. The maximum atomic E-state index is 5.68. The van der Waals surface area contributed by atoms with Crippen LogP contribution in [0, 0.1) is 6.92 Å². The zero-order valence-corrected chi connectivity index (χ0v) is 11.3. The van der Waals surface area contributed by atoms with Crippen LogP contribution in [0.4, 0.5) is 0 Å². The van der Waals surface area contributed by atoms with Gasteiger partial charge in [-0.3, -0.25) is 4.98 Å². The standard InChI is InChI=1S/C16H20N2O/c1-14-6-4-8-16(12-14)19-11-5-9-17-13-15-7-2-3-10-18-15/h2-4,6-8,10,12,17H,5,9,11,13H2,1H3. The van der Waals surface area contributed by atoms with Crippen molar-refractivity contribution < 1.29 is 4.74 Å². The van der Waals surface area contributed by atoms with Gasteiger partial charge in [0.2, 0.25) is 0 Å². The molecule has 0 saturated carbocycles. The van der Waals surface area contributed by atoms with Crippen molar-refractivity contribution in [1.29, 1.82) is 0 Å². The molecular weight excluding hydrogens is 236 g/mol. The third kappa shape index (κ3) is 5.10. The van der Waals surface area contributed by atoms with Gasteiger partial charge >= 0.3 is 0 Å². The smallest absolute Gasteiger partial charge is 0.119 e. The summed E-state index contributed by atoms with van der Waals surface area (Å²) in [6, 6.07) is 14.1. The maximum Gasteiger partial charge on any atom is 0.119 e. The van der Waals surface area contributed by atoms with Gasteiger partial charge < -0.3 is 10.1 Å². The van der Waals surface area contributed by atoms with Gasteiger partial charge in [0.05, 0.1) is 12.3 Å². The second-order valence-corrected chi connectivity index (χ2v) is 4.52. The van der Waals surface area contributed by atoms with Crippen LogP contribution in [-0.4, -0.2) is 18.1 Å². The molecule has 0 aliphatic heterocycles. The lowest BCUT2D eigenvalue weighted by molar-refractivity contribution is 0.308. The molecule has 0 amide bonds. The molecule has 0 bridgehead atoms. The second-order valence-electron chi connectivity index (χ2n) is 4.52. The van der Waals surface area contributed by atoms with Crippen molar-refractivity contribution in [3.05, 3.63) is 59.9 Å². The molecule has 0 saturated heterocycles. The van der Waals surface area contributed by atoms with E-state index in [1.54, 1.807) is 0 Å². The van der Waals surface area contributed by atoms with Crippen LogP contribution in [-0.2, 0) is 6.54 Å². The summed E-state index contributed by atoms with van der Waals surface area (Å²) in [5, 5.41) is 3.36. The lowest BCUT2D eigenvalue weighted by Crippen LogP contribution is -2.17. The average molecular weight is 256 g/mol. The number of aromatic nitrogens is 1. The average Bonchev–Trinajstić information content (AvgIpc) is 2.44. The molecule has 0 fully saturated rings. The minimum Gasteiger partial charge on any atom is -0.494 e. The molecule has 1 heterocycles. The first kappa shape index (κ1) is 13.6. The Bertz CT molecular complexity index is 485. The summed E-state index contributed by atoms with van der Waals surface area (Å²) in [6.45, 7) is 4.55. The van der Waals surface area contributed by atoms with Crippen LogP contribution >= 0.6 is 0 Å². The van der Waals surface area contributed by atoms with Crippen LogP contribution in [0.5, 0.6) is 5.75 Å². The predicted molar refractivity (Wildman–Crippen MR) is 77.2 cm³/mol. The largest absolute Gasteiger partial charge is 0.494 e. The molecule has 19 heavy (non-hydrogen) atoms. The van der Waals surface area contributed by atoms with Crippen molar-refractivity contribution in [2.45, 2.75) is 19.9 Å². The van der Waals surface area contributed by atoms with Gasteiger partial charge in [-0.1, -0.05) is 18.2 Å². The summed E-state index contributed by atoms with van der Waals surface area (Å²) in [4.78, 5) is 4.26. The number of ether oxygens (including phenoxy) is 1. The van der Waals surface area contributed by atoms with Gasteiger partial charge in [0.25, 0.3) is 0 Å². The molecular formula is C16H20N2O. The summed E-state index contributed by atoms with van der Waals surface area (Å²) in [5.74, 6) is 0.949. The monoisotopic (exact) mass is 256 g/mol. The van der Waals surface area contributed by atoms with Gasteiger partial charge in [0, 0.05) is 12.7 Å². The predicted octanol–water partition coefficient (Wildman–Crippen LogP) is 2.95. The van der Waals surface area contributed by atoms with Gasteiger partial charge in [0.15, 0.2) is 0 Å². The number of rotatable bonds is 7. The molecule has 1 aromatic heterocycles. The number of nitrogens with zero attached hydrogens (tertiary/aromatic N) is 1. The number of hydrogen-bond donors (Lipinski definition) is 1. The number of hydrogen-bond acceptors (Lipinski definition) is 3. The fourth-order valence-corrected chi connectivity index (χ4v) is 1.81. The van der Waals surface area contributed by atoms with E-state index >= 15 is 0 Å². The first-order valence-electron chi connectivity index (χ1n) is 6.65. The molecule has 0 aliphatic rings. The highest BCUT2D eigenvalue weighted by atomic mass is 16.5. The van der Waals surface area contributed by atoms with Crippen LogP contribution in [0.15, 0.2) is 48.7 Å². The van der Waals surface area contributed by atoms with E-state index in [2.05, 4.69) is 29.4 Å². The van der Waals surface area contributed by atoms with Crippen LogP contribution in [0.3, 0.4) is 0 Å². The molecule has 100 valence electrons. The zero-order chi connectivity index (χ0) is 13.3. The lowest BCUT2D eigenvalue weighted by Gasteiger charge is -2.07. The van der Waals surface area contributed by atoms with E-state index in [4.69, 9.17) is 4.74 Å². The van der Waals surface area contributed by atoms with E-state index in [1.807, 2.05) is 36.5 Å². The third-order valence-corrected chi connectivity index (χ3v) is 2.79. The SMILES string of the molecule is Cc1cccc(OCCCNCc2ccccn2)c1. The summed E-state index contributed by atoms with van der Waals surface area (Å²) < 4.78 is 5.68. The highest BCUT2D eigenvalue weighted by molar-refractivity contribution is 5.27. The summed E-state index contributed by atoms with van der Waals surface area (Å²) in [6.07, 6.45) is 2.80. The maximum absolute atomic E-state index is 5.68. The summed E-state index contributed by atoms with van der Waals surface area (Å²) >= 11 is 0. The quantitative estimate of drug-likeness (QED) is 0.773. The molecule has 0 aliphatic carbocycles. The first-order chi connectivity index (χ1) is 9.34. The van der Waals surface area contributed by atoms with E-state index in [0.29, 0.717) is 0 Å². The third-order valence-electron chi connectivity index (χ3n) is 2.79. The topological polar surface area (TPSA) is 34.1 Å². The number of pyridine rings is 1. The molecule has 1 N–H and O–H groups in total. The van der Waals surface area contributed by atoms with Gasteiger partial charge in [0.1, 0.15) is 5.75 Å². The molecule has 0 atom stereocenters. The highest BCUT2D eigenvalue weighted by Gasteiger charge is 1.95. The van der Waals surface area contributed by atoms with E-state index in [0.717, 1.165) is 37.6 Å². The van der Waals surface area contributed by atoms with Crippen LogP contribution in [0.25, 0.3) is 0 Å². The molecule has 1 aromatic carbocycles. The Labute approximate surface area is 114 Å². The molecule has 2 rings (SSSR count). The van der Waals surface area contributed by atoms with E-state index in [1.165, 1.54) is 5.56 Å². The number of nitrogens with one attached hydrogen (secondary N) is 1. The minimum absolute atomic E-state index is 0.735. The summed E-state index contributed by atoms with van der Waals surface area (Å²) in [5.41, 5.74) is 2.30. The Morgan fingerprint density at radius 3 is 2.89 bits per heavy atom. The van der Waals surface area contributed by atoms with Gasteiger partial charge in [-0.05, 0) is 49.7 Å². The van der Waals surface area contributed by atoms with Crippen molar-refractivity contribution in [2.24, 2.45) is 0 Å². The Kier molecular flexibility index (Phi) is 5.38. The van der Waals surface area contributed by atoms with Crippen molar-refractivity contribution in [3.63, 3.8) is 0 Å². The van der Waals surface area contributed by atoms with Gasteiger partial charge in [-0.25, -0.2) is 0 Å². The van der Waals surface area contributed by atoms with Crippen molar-refractivity contribution >= 4 is 0 Å². The normalized spacial score (nSPS) is 10.4. The molecule has 0 radical (unpaired) electrons. The van der Waals surface area contributed by atoms with Crippen molar-refractivity contribution in [1.82, 2.24) is 10.3 Å². The highest BCUT2D eigenvalue weighted by Crippen LogP contribution is 2.12. The Morgan fingerprint density at radius 1 is 1.16 bits per heavy atom. The molecule has 0 unspecified atom stereocenters. The van der Waals surface area contributed by atoms with Crippen molar-refractivity contribution in [2.75, 3.05) is 13.2 Å². The van der Waals surface area contributed by atoms with Crippen LogP contribution in [0.2, 0.25) is 0 Å². The second kappa shape index (κ2) is 7.54.